The van der Waals surface area contributed by atoms with Crippen molar-refractivity contribution in [3.63, 3.8) is 0 Å². The lowest BCUT2D eigenvalue weighted by atomic mass is 10.3. The van der Waals surface area contributed by atoms with Crippen molar-refractivity contribution >= 4 is 34.3 Å². The Labute approximate surface area is 127 Å². The average molecular weight is 302 g/mol. The Morgan fingerprint density at radius 2 is 2.10 bits per heavy atom. The number of aromatic nitrogens is 4. The maximum Gasteiger partial charge on any atom is 0.226 e. The number of hydrogen-bond acceptors (Lipinski definition) is 6. The predicted molar refractivity (Wildman–Crippen MR) is 87.0 cm³/mol. The van der Waals surface area contributed by atoms with E-state index in [2.05, 4.69) is 50.5 Å². The molecule has 0 saturated heterocycles. The number of nitrogens with zero attached hydrogens (tertiary/aromatic N) is 3. The maximum atomic E-state index is 4.51. The summed E-state index contributed by atoms with van der Waals surface area (Å²) in [5.41, 5.74) is 2.84. The van der Waals surface area contributed by atoms with E-state index >= 15 is 0 Å². The highest BCUT2D eigenvalue weighted by atomic mass is 32.1. The zero-order chi connectivity index (χ0) is 14.8. The van der Waals surface area contributed by atoms with Gasteiger partial charge in [-0.1, -0.05) is 0 Å². The largest absolute Gasteiger partial charge is 0.363 e. The number of fused-ring (bicyclic) bond motifs is 1. The summed E-state index contributed by atoms with van der Waals surface area (Å²) >= 11 is 1.81. The van der Waals surface area contributed by atoms with Crippen LogP contribution in [0.3, 0.4) is 0 Å². The summed E-state index contributed by atoms with van der Waals surface area (Å²) < 4.78 is 0. The zero-order valence-electron chi connectivity index (χ0n) is 12.3. The highest BCUT2D eigenvalue weighted by Gasteiger charge is 2.10. The van der Waals surface area contributed by atoms with Gasteiger partial charge >= 0.3 is 0 Å². The van der Waals surface area contributed by atoms with Crippen molar-refractivity contribution in [3.8, 4) is 0 Å². The maximum absolute atomic E-state index is 4.51. The smallest absolute Gasteiger partial charge is 0.226 e. The summed E-state index contributed by atoms with van der Waals surface area (Å²) in [6, 6.07) is 2.21. The third-order valence-corrected chi connectivity index (χ3v) is 4.42. The van der Waals surface area contributed by atoms with Gasteiger partial charge in [-0.3, -0.25) is 0 Å². The van der Waals surface area contributed by atoms with Crippen LogP contribution >= 0.6 is 11.3 Å². The molecular weight excluding hydrogens is 284 g/mol. The molecule has 3 N–H and O–H groups in total. The van der Waals surface area contributed by atoms with E-state index in [1.54, 1.807) is 6.33 Å². The standard InChI is InChI=1S/C14H18N6S/c1-4-15-14-19-12(11-13(20-14)18-7-17-11)16-6-10-5-8(2)9(3)21-10/h5,7H,4,6H2,1-3H3,(H3,15,16,17,18,19,20). The molecule has 3 heterocycles. The van der Waals surface area contributed by atoms with Gasteiger partial charge in [-0.2, -0.15) is 9.97 Å². The van der Waals surface area contributed by atoms with Crippen LogP contribution < -0.4 is 10.6 Å². The number of nitrogens with one attached hydrogen (secondary N) is 3. The molecule has 0 aliphatic heterocycles. The van der Waals surface area contributed by atoms with Gasteiger partial charge in [-0.15, -0.1) is 11.3 Å². The van der Waals surface area contributed by atoms with E-state index in [1.165, 1.54) is 15.3 Å². The molecule has 3 rings (SSSR count). The molecule has 0 unspecified atom stereocenters. The van der Waals surface area contributed by atoms with Crippen molar-refractivity contribution in [1.82, 2.24) is 19.9 Å². The number of anilines is 2. The van der Waals surface area contributed by atoms with Gasteiger partial charge in [0.15, 0.2) is 11.5 Å². The molecule has 0 radical (unpaired) electrons. The number of hydrogen-bond donors (Lipinski definition) is 3. The number of thiophene rings is 1. The minimum absolute atomic E-state index is 0.596. The quantitative estimate of drug-likeness (QED) is 0.675. The summed E-state index contributed by atoms with van der Waals surface area (Å²) in [5, 5.41) is 6.51. The topological polar surface area (TPSA) is 78.5 Å². The lowest BCUT2D eigenvalue weighted by Gasteiger charge is -2.07. The summed E-state index contributed by atoms with van der Waals surface area (Å²) in [4.78, 5) is 18.8. The van der Waals surface area contributed by atoms with Crippen LogP contribution in [0.1, 0.15) is 22.2 Å². The first-order valence-corrected chi connectivity index (χ1v) is 7.73. The van der Waals surface area contributed by atoms with E-state index in [1.807, 2.05) is 18.3 Å². The van der Waals surface area contributed by atoms with Crippen LogP contribution in [-0.4, -0.2) is 26.5 Å². The van der Waals surface area contributed by atoms with E-state index in [9.17, 15) is 0 Å². The van der Waals surface area contributed by atoms with Crippen LogP contribution in [0.5, 0.6) is 0 Å². The van der Waals surface area contributed by atoms with E-state index in [4.69, 9.17) is 0 Å². The third-order valence-electron chi connectivity index (χ3n) is 3.27. The molecule has 6 nitrogen and oxygen atoms in total. The van der Waals surface area contributed by atoms with Gasteiger partial charge in [0.1, 0.15) is 5.52 Å². The molecule has 0 aliphatic carbocycles. The zero-order valence-corrected chi connectivity index (χ0v) is 13.1. The van der Waals surface area contributed by atoms with Crippen LogP contribution in [0.15, 0.2) is 12.4 Å². The molecule has 110 valence electrons. The first-order valence-electron chi connectivity index (χ1n) is 6.92. The molecule has 0 aromatic carbocycles. The van der Waals surface area contributed by atoms with Crippen molar-refractivity contribution in [2.75, 3.05) is 17.2 Å². The van der Waals surface area contributed by atoms with Gasteiger partial charge in [0.05, 0.1) is 12.9 Å². The van der Waals surface area contributed by atoms with Crippen molar-refractivity contribution in [2.45, 2.75) is 27.3 Å². The highest BCUT2D eigenvalue weighted by Crippen LogP contribution is 2.23. The lowest BCUT2D eigenvalue weighted by Crippen LogP contribution is -2.07. The van der Waals surface area contributed by atoms with Crippen LogP contribution in [0.4, 0.5) is 11.8 Å². The molecule has 0 saturated carbocycles. The molecule has 0 bridgehead atoms. The number of aryl methyl sites for hydroxylation is 2. The van der Waals surface area contributed by atoms with Crippen molar-refractivity contribution in [3.05, 3.63) is 27.7 Å². The second-order valence-electron chi connectivity index (χ2n) is 4.83. The molecule has 0 amide bonds. The lowest BCUT2D eigenvalue weighted by molar-refractivity contribution is 1.08. The number of rotatable bonds is 5. The van der Waals surface area contributed by atoms with Crippen LogP contribution in [0.25, 0.3) is 11.2 Å². The van der Waals surface area contributed by atoms with E-state index in [0.717, 1.165) is 24.4 Å². The summed E-state index contributed by atoms with van der Waals surface area (Å²) in [6.45, 7) is 7.82. The summed E-state index contributed by atoms with van der Waals surface area (Å²) in [5.74, 6) is 1.37. The molecule has 21 heavy (non-hydrogen) atoms. The predicted octanol–water partition coefficient (Wildman–Crippen LogP) is 3.08. The Morgan fingerprint density at radius 3 is 2.81 bits per heavy atom. The van der Waals surface area contributed by atoms with Gasteiger partial charge in [-0.25, -0.2) is 4.98 Å². The monoisotopic (exact) mass is 302 g/mol. The Bertz CT molecular complexity index is 741. The molecule has 0 aliphatic rings. The fourth-order valence-corrected chi connectivity index (χ4v) is 3.10. The van der Waals surface area contributed by atoms with Crippen molar-refractivity contribution < 1.29 is 0 Å². The second-order valence-corrected chi connectivity index (χ2v) is 6.17. The Hall–Kier alpha value is -2.15. The van der Waals surface area contributed by atoms with Gasteiger partial charge in [-0.05, 0) is 32.4 Å². The van der Waals surface area contributed by atoms with Crippen molar-refractivity contribution in [2.24, 2.45) is 0 Å². The first-order chi connectivity index (χ1) is 10.2. The van der Waals surface area contributed by atoms with E-state index < -0.39 is 0 Å². The second kappa shape index (κ2) is 5.69. The molecule has 0 atom stereocenters. The van der Waals surface area contributed by atoms with Gasteiger partial charge < -0.3 is 15.6 Å². The molecule has 3 aromatic heterocycles. The average Bonchev–Trinajstić information content (AvgIpc) is 3.04. The van der Waals surface area contributed by atoms with Gasteiger partial charge in [0, 0.05) is 16.3 Å². The van der Waals surface area contributed by atoms with Gasteiger partial charge in [0.2, 0.25) is 5.95 Å². The SMILES string of the molecule is CCNc1nc(NCc2cc(C)c(C)s2)c2[nH]cnc2n1. The minimum Gasteiger partial charge on any atom is -0.363 e. The number of H-pyrrole nitrogens is 1. The fraction of sp³-hybridized carbons (Fsp3) is 0.357. The number of aromatic amines is 1. The molecule has 7 heteroatoms. The first kappa shape index (κ1) is 13.8. The summed E-state index contributed by atoms with van der Waals surface area (Å²) in [7, 11) is 0. The molecular formula is C14H18N6S. The Kier molecular flexibility index (Phi) is 3.74. The summed E-state index contributed by atoms with van der Waals surface area (Å²) in [6.07, 6.45) is 1.64. The highest BCUT2D eigenvalue weighted by molar-refractivity contribution is 7.12. The Morgan fingerprint density at radius 1 is 1.24 bits per heavy atom. The fourth-order valence-electron chi connectivity index (χ4n) is 2.11. The van der Waals surface area contributed by atoms with Crippen LogP contribution in [0.2, 0.25) is 0 Å². The third kappa shape index (κ3) is 2.82. The Balaban J connectivity index is 1.86. The van der Waals surface area contributed by atoms with Crippen LogP contribution in [0, 0.1) is 13.8 Å². The molecule has 0 spiro atoms. The van der Waals surface area contributed by atoms with Gasteiger partial charge in [0.25, 0.3) is 0 Å². The molecule has 0 fully saturated rings. The number of imidazole rings is 1. The van der Waals surface area contributed by atoms with Crippen LogP contribution in [-0.2, 0) is 6.54 Å². The van der Waals surface area contributed by atoms with Crippen molar-refractivity contribution in [1.29, 1.82) is 0 Å². The molecule has 3 aromatic rings. The normalized spacial score (nSPS) is 11.0. The van der Waals surface area contributed by atoms with E-state index in [0.29, 0.717) is 11.6 Å². The van der Waals surface area contributed by atoms with E-state index in [-0.39, 0.29) is 0 Å². The minimum atomic E-state index is 0.596.